The Hall–Kier alpha value is -2.42. The Balaban J connectivity index is 1.99. The maximum absolute atomic E-state index is 13.2. The molecule has 1 amide bonds. The van der Waals surface area contributed by atoms with Crippen LogP contribution in [0.4, 0.5) is 13.2 Å². The molecular weight excluding hydrogens is 357 g/mol. The smallest absolute Gasteiger partial charge is 0.326 e. The van der Waals surface area contributed by atoms with Crippen molar-refractivity contribution < 1.29 is 27.9 Å². The van der Waals surface area contributed by atoms with Crippen LogP contribution in [0, 0.1) is 24.4 Å². The van der Waals surface area contributed by atoms with Crippen LogP contribution in [0.5, 0.6) is 0 Å². The third-order valence-corrected chi connectivity index (χ3v) is 4.54. The summed E-state index contributed by atoms with van der Waals surface area (Å²) in [6, 6.07) is 0.0434. The Morgan fingerprint density at radius 2 is 1.92 bits per heavy atom. The number of hydrogen-bond acceptors (Lipinski definition) is 4. The number of halogens is 3. The average molecular weight is 372 g/mol. The first-order valence-corrected chi connectivity index (χ1v) is 8.20. The van der Waals surface area contributed by atoms with Crippen molar-refractivity contribution in [2.45, 2.75) is 32.2 Å². The number of rotatable bonds is 7. The molecule has 0 saturated heterocycles. The van der Waals surface area contributed by atoms with Crippen molar-refractivity contribution in [1.29, 1.82) is 0 Å². The van der Waals surface area contributed by atoms with Gasteiger partial charge in [-0.25, -0.2) is 22.9 Å². The summed E-state index contributed by atoms with van der Waals surface area (Å²) in [6.45, 7) is 1.81. The number of carboxylic acids is 1. The molecule has 134 valence electrons. The molecule has 0 spiro atoms. The largest absolute Gasteiger partial charge is 0.480 e. The third kappa shape index (κ3) is 5.02. The lowest BCUT2D eigenvalue weighted by Gasteiger charge is -2.15. The van der Waals surface area contributed by atoms with Gasteiger partial charge in [0.1, 0.15) is 6.04 Å². The minimum absolute atomic E-state index is 0.0545. The van der Waals surface area contributed by atoms with Gasteiger partial charge in [-0.05, 0) is 31.0 Å². The number of aryl methyl sites for hydroxylation is 2. The number of amides is 1. The van der Waals surface area contributed by atoms with Gasteiger partial charge in [-0.15, -0.1) is 11.3 Å². The minimum Gasteiger partial charge on any atom is -0.480 e. The van der Waals surface area contributed by atoms with E-state index >= 15 is 0 Å². The van der Waals surface area contributed by atoms with Gasteiger partial charge in [0.2, 0.25) is 5.91 Å². The second kappa shape index (κ2) is 8.11. The van der Waals surface area contributed by atoms with Crippen molar-refractivity contribution in [3.8, 4) is 0 Å². The van der Waals surface area contributed by atoms with Crippen molar-refractivity contribution in [1.82, 2.24) is 10.3 Å². The fourth-order valence-corrected chi connectivity index (χ4v) is 3.00. The highest BCUT2D eigenvalue weighted by molar-refractivity contribution is 7.09. The first kappa shape index (κ1) is 18.9. The Bertz CT molecular complexity index is 772. The van der Waals surface area contributed by atoms with Crippen molar-refractivity contribution in [2.75, 3.05) is 0 Å². The maximum atomic E-state index is 13.2. The van der Waals surface area contributed by atoms with Gasteiger partial charge in [0, 0.05) is 17.7 Å². The van der Waals surface area contributed by atoms with Gasteiger partial charge in [-0.1, -0.05) is 0 Å². The van der Waals surface area contributed by atoms with E-state index in [1.165, 1.54) is 11.3 Å². The molecule has 0 fully saturated rings. The van der Waals surface area contributed by atoms with Gasteiger partial charge in [-0.2, -0.15) is 0 Å². The molecule has 2 N–H and O–H groups in total. The Morgan fingerprint density at radius 3 is 2.44 bits per heavy atom. The zero-order chi connectivity index (χ0) is 18.6. The number of benzene rings is 1. The molecule has 0 aliphatic rings. The number of carboxylic acid groups (broad SMARTS) is 1. The molecule has 2 rings (SSSR count). The molecule has 2 aromatic rings. The van der Waals surface area contributed by atoms with Gasteiger partial charge in [0.05, 0.1) is 11.2 Å². The van der Waals surface area contributed by atoms with Gasteiger partial charge in [0.25, 0.3) is 0 Å². The molecule has 1 atom stereocenters. The lowest BCUT2D eigenvalue weighted by molar-refractivity contribution is -0.141. The van der Waals surface area contributed by atoms with Crippen LogP contribution in [0.3, 0.4) is 0 Å². The lowest BCUT2D eigenvalue weighted by Crippen LogP contribution is -2.42. The topological polar surface area (TPSA) is 79.3 Å². The van der Waals surface area contributed by atoms with E-state index in [0.717, 1.165) is 10.6 Å². The Morgan fingerprint density at radius 1 is 1.28 bits per heavy atom. The van der Waals surface area contributed by atoms with E-state index in [1.807, 2.05) is 0 Å². The zero-order valence-corrected chi connectivity index (χ0v) is 14.0. The number of nitrogens with zero attached hydrogens (tertiary/aromatic N) is 1. The van der Waals surface area contributed by atoms with Crippen LogP contribution in [0.15, 0.2) is 17.6 Å². The fourth-order valence-electron chi connectivity index (χ4n) is 2.22. The average Bonchev–Trinajstić information content (AvgIpc) is 2.95. The van der Waals surface area contributed by atoms with E-state index in [1.54, 1.807) is 12.4 Å². The Labute approximate surface area is 145 Å². The molecule has 1 heterocycles. The highest BCUT2D eigenvalue weighted by atomic mass is 32.1. The van der Waals surface area contributed by atoms with E-state index < -0.39 is 35.4 Å². The number of aromatic nitrogens is 1. The van der Waals surface area contributed by atoms with E-state index in [2.05, 4.69) is 10.3 Å². The molecule has 0 aliphatic carbocycles. The van der Waals surface area contributed by atoms with E-state index in [-0.39, 0.29) is 18.4 Å². The normalized spacial score (nSPS) is 12.0. The molecule has 0 bridgehead atoms. The van der Waals surface area contributed by atoms with Gasteiger partial charge >= 0.3 is 5.97 Å². The standard InChI is InChI=1S/C16H15F3N2O3S/c1-8-13(25-7-20-8)2-3-14(22)21-12(16(23)24)6-9-4-10(17)15(19)11(18)5-9/h4-5,7,12H,2-3,6H2,1H3,(H,21,22)(H,23,24)/t12-/m1/s1. The number of aliphatic carboxylic acids is 1. The molecule has 25 heavy (non-hydrogen) atoms. The summed E-state index contributed by atoms with van der Waals surface area (Å²) < 4.78 is 39.4. The quantitative estimate of drug-likeness (QED) is 0.733. The SMILES string of the molecule is Cc1ncsc1CCC(=O)N[C@H](Cc1cc(F)c(F)c(F)c1)C(=O)O. The van der Waals surface area contributed by atoms with E-state index in [0.29, 0.717) is 18.6 Å². The second-order valence-electron chi connectivity index (χ2n) is 5.40. The van der Waals surface area contributed by atoms with Crippen molar-refractivity contribution in [3.63, 3.8) is 0 Å². The second-order valence-corrected chi connectivity index (χ2v) is 6.34. The maximum Gasteiger partial charge on any atom is 0.326 e. The first-order valence-electron chi connectivity index (χ1n) is 7.32. The van der Waals surface area contributed by atoms with Gasteiger partial charge in [0.15, 0.2) is 17.5 Å². The van der Waals surface area contributed by atoms with E-state index in [9.17, 15) is 27.9 Å². The molecule has 1 aromatic heterocycles. The number of thiazole rings is 1. The van der Waals surface area contributed by atoms with Crippen molar-refractivity contribution in [2.24, 2.45) is 0 Å². The van der Waals surface area contributed by atoms with Crippen LogP contribution < -0.4 is 5.32 Å². The fraction of sp³-hybridized carbons (Fsp3) is 0.312. The third-order valence-electron chi connectivity index (χ3n) is 3.54. The van der Waals surface area contributed by atoms with Crippen molar-refractivity contribution in [3.05, 3.63) is 51.2 Å². The zero-order valence-electron chi connectivity index (χ0n) is 13.2. The molecule has 0 saturated carbocycles. The highest BCUT2D eigenvalue weighted by Crippen LogP contribution is 2.16. The van der Waals surface area contributed by atoms with Crippen LogP contribution in [-0.2, 0) is 22.4 Å². The number of nitrogens with one attached hydrogen (secondary N) is 1. The predicted molar refractivity (Wildman–Crippen MR) is 84.8 cm³/mol. The summed E-state index contributed by atoms with van der Waals surface area (Å²) in [4.78, 5) is 28.2. The summed E-state index contributed by atoms with van der Waals surface area (Å²) in [5.41, 5.74) is 2.40. The van der Waals surface area contributed by atoms with Crippen LogP contribution in [0.2, 0.25) is 0 Å². The number of carbonyl (C=O) groups is 2. The molecule has 0 aliphatic heterocycles. The van der Waals surface area contributed by atoms with Gasteiger partial charge in [-0.3, -0.25) is 4.79 Å². The van der Waals surface area contributed by atoms with Crippen LogP contribution in [0.25, 0.3) is 0 Å². The van der Waals surface area contributed by atoms with Crippen LogP contribution >= 0.6 is 11.3 Å². The van der Waals surface area contributed by atoms with Crippen LogP contribution in [0.1, 0.15) is 22.6 Å². The predicted octanol–water partition coefficient (Wildman–Crippen LogP) is 2.61. The molecular formula is C16H15F3N2O3S. The summed E-state index contributed by atoms with van der Waals surface area (Å²) in [5.74, 6) is -6.31. The first-order chi connectivity index (χ1) is 11.8. The molecule has 5 nitrogen and oxygen atoms in total. The van der Waals surface area contributed by atoms with Crippen molar-refractivity contribution >= 4 is 23.2 Å². The van der Waals surface area contributed by atoms with E-state index in [4.69, 9.17) is 0 Å². The summed E-state index contributed by atoms with van der Waals surface area (Å²) in [7, 11) is 0. The number of hydrogen-bond donors (Lipinski definition) is 2. The lowest BCUT2D eigenvalue weighted by atomic mass is 10.0. The van der Waals surface area contributed by atoms with Crippen LogP contribution in [-0.4, -0.2) is 28.0 Å². The van der Waals surface area contributed by atoms with Gasteiger partial charge < -0.3 is 10.4 Å². The summed E-state index contributed by atoms with van der Waals surface area (Å²) in [5, 5.41) is 11.5. The highest BCUT2D eigenvalue weighted by Gasteiger charge is 2.22. The monoisotopic (exact) mass is 372 g/mol. The minimum atomic E-state index is -1.63. The molecule has 9 heteroatoms. The summed E-state index contributed by atoms with van der Waals surface area (Å²) in [6.07, 6.45) is 0.0994. The Kier molecular flexibility index (Phi) is 6.13. The molecule has 1 aromatic carbocycles. The molecule has 0 unspecified atom stereocenters. The number of carbonyl (C=O) groups excluding carboxylic acids is 1. The summed E-state index contributed by atoms with van der Waals surface area (Å²) >= 11 is 1.40. The molecule has 0 radical (unpaired) electrons.